The van der Waals surface area contributed by atoms with Gasteiger partial charge in [0.1, 0.15) is 5.01 Å². The first-order valence-corrected chi connectivity index (χ1v) is 8.12. The molecule has 1 N–H and O–H groups in total. The van der Waals surface area contributed by atoms with E-state index in [1.54, 1.807) is 23.7 Å². The average Bonchev–Trinajstić information content (AvgIpc) is 3.17. The molecule has 3 heterocycles. The van der Waals surface area contributed by atoms with Crippen LogP contribution in [0.4, 0.5) is 5.13 Å². The summed E-state index contributed by atoms with van der Waals surface area (Å²) in [5.41, 5.74) is 1.77. The van der Waals surface area contributed by atoms with Gasteiger partial charge in [0.15, 0.2) is 5.13 Å². The minimum atomic E-state index is -0.0441. The summed E-state index contributed by atoms with van der Waals surface area (Å²) in [6.07, 6.45) is 4.42. The third kappa shape index (κ3) is 3.71. The zero-order chi connectivity index (χ0) is 14.5. The van der Waals surface area contributed by atoms with Crippen LogP contribution in [-0.4, -0.2) is 20.9 Å². The fraction of sp³-hybridized carbons (Fsp3) is 0.143. The second kappa shape index (κ2) is 6.55. The van der Waals surface area contributed by atoms with Gasteiger partial charge in [0.05, 0.1) is 11.4 Å². The molecule has 0 bridgehead atoms. The van der Waals surface area contributed by atoms with Gasteiger partial charge in [-0.3, -0.25) is 9.78 Å². The molecule has 3 rings (SSSR count). The summed E-state index contributed by atoms with van der Waals surface area (Å²) >= 11 is 2.95. The molecule has 0 aliphatic rings. The summed E-state index contributed by atoms with van der Waals surface area (Å²) in [4.78, 5) is 24.6. The number of carbonyl (C=O) groups is 1. The molecule has 0 unspecified atom stereocenters. The Morgan fingerprint density at radius 2 is 2.14 bits per heavy atom. The molecule has 3 aromatic rings. The van der Waals surface area contributed by atoms with E-state index in [1.165, 1.54) is 11.3 Å². The highest BCUT2D eigenvalue weighted by molar-refractivity contribution is 7.13. The molecular formula is C14H12N4OS2. The molecule has 7 heteroatoms. The van der Waals surface area contributed by atoms with Gasteiger partial charge in [-0.2, -0.15) is 0 Å². The lowest BCUT2D eigenvalue weighted by Gasteiger charge is -1.99. The predicted octanol–water partition coefficient (Wildman–Crippen LogP) is 3.23. The van der Waals surface area contributed by atoms with E-state index in [4.69, 9.17) is 0 Å². The van der Waals surface area contributed by atoms with Crippen molar-refractivity contribution in [1.29, 1.82) is 0 Å². The second-order valence-corrected chi connectivity index (χ2v) is 6.00. The van der Waals surface area contributed by atoms with E-state index >= 15 is 0 Å². The van der Waals surface area contributed by atoms with E-state index < -0.39 is 0 Å². The number of thiazole rings is 2. The summed E-state index contributed by atoms with van der Waals surface area (Å²) in [6, 6.07) is 5.74. The zero-order valence-electron chi connectivity index (χ0n) is 11.0. The molecule has 3 aromatic heterocycles. The van der Waals surface area contributed by atoms with Crippen LogP contribution in [0, 0.1) is 0 Å². The number of aromatic nitrogens is 3. The molecule has 0 saturated carbocycles. The Morgan fingerprint density at radius 3 is 2.90 bits per heavy atom. The third-order valence-corrected chi connectivity index (χ3v) is 4.32. The molecule has 0 saturated heterocycles. The fourth-order valence-corrected chi connectivity index (χ4v) is 3.11. The maximum Gasteiger partial charge on any atom is 0.226 e. The Bertz CT molecular complexity index is 710. The molecule has 0 atom stereocenters. The quantitative estimate of drug-likeness (QED) is 0.784. The standard InChI is InChI=1S/C14H12N4OS2/c19-12(18-14-16-7-8-20-14)5-4-10-9-21-13(17-10)11-3-1-2-6-15-11/h1-3,6-9H,4-5H2,(H,16,18,19). The molecule has 0 aliphatic heterocycles. The van der Waals surface area contributed by atoms with Crippen molar-refractivity contribution < 1.29 is 4.79 Å². The van der Waals surface area contributed by atoms with E-state index in [0.29, 0.717) is 18.0 Å². The maximum atomic E-state index is 11.8. The highest BCUT2D eigenvalue weighted by atomic mass is 32.1. The monoisotopic (exact) mass is 316 g/mol. The van der Waals surface area contributed by atoms with Crippen LogP contribution in [0.2, 0.25) is 0 Å². The van der Waals surface area contributed by atoms with E-state index in [0.717, 1.165) is 16.4 Å². The average molecular weight is 316 g/mol. The van der Waals surface area contributed by atoms with E-state index in [9.17, 15) is 4.79 Å². The number of hydrogen-bond donors (Lipinski definition) is 1. The number of nitrogens with zero attached hydrogens (tertiary/aromatic N) is 3. The van der Waals surface area contributed by atoms with Crippen molar-refractivity contribution in [3.8, 4) is 10.7 Å². The number of hydrogen-bond acceptors (Lipinski definition) is 6. The molecule has 0 aromatic carbocycles. The van der Waals surface area contributed by atoms with Crippen molar-refractivity contribution in [1.82, 2.24) is 15.0 Å². The Balaban J connectivity index is 1.56. The number of nitrogens with one attached hydrogen (secondary N) is 1. The van der Waals surface area contributed by atoms with Gasteiger partial charge in [0.25, 0.3) is 0 Å². The van der Waals surface area contributed by atoms with Crippen LogP contribution in [0.3, 0.4) is 0 Å². The number of pyridine rings is 1. The van der Waals surface area contributed by atoms with Crippen LogP contribution in [0.1, 0.15) is 12.1 Å². The van der Waals surface area contributed by atoms with Crippen LogP contribution in [-0.2, 0) is 11.2 Å². The van der Waals surface area contributed by atoms with Crippen LogP contribution >= 0.6 is 22.7 Å². The highest BCUT2D eigenvalue weighted by Crippen LogP contribution is 2.22. The summed E-state index contributed by atoms with van der Waals surface area (Å²) in [5.74, 6) is -0.0441. The van der Waals surface area contributed by atoms with E-state index in [1.807, 2.05) is 29.0 Å². The molecule has 0 fully saturated rings. The van der Waals surface area contributed by atoms with Gasteiger partial charge >= 0.3 is 0 Å². The minimum Gasteiger partial charge on any atom is -0.302 e. The zero-order valence-corrected chi connectivity index (χ0v) is 12.7. The number of carbonyl (C=O) groups excluding carboxylic acids is 1. The van der Waals surface area contributed by atoms with E-state index in [-0.39, 0.29) is 5.91 Å². The highest BCUT2D eigenvalue weighted by Gasteiger charge is 2.08. The fourth-order valence-electron chi connectivity index (χ4n) is 1.74. The molecule has 0 radical (unpaired) electrons. The summed E-state index contributed by atoms with van der Waals surface area (Å²) < 4.78 is 0. The lowest BCUT2D eigenvalue weighted by atomic mass is 10.2. The van der Waals surface area contributed by atoms with Crippen molar-refractivity contribution >= 4 is 33.7 Å². The number of amides is 1. The van der Waals surface area contributed by atoms with Crippen LogP contribution in [0.15, 0.2) is 41.4 Å². The van der Waals surface area contributed by atoms with Gasteiger partial charge in [0.2, 0.25) is 5.91 Å². The second-order valence-electron chi connectivity index (χ2n) is 4.24. The summed E-state index contributed by atoms with van der Waals surface area (Å²) in [5, 5.41) is 8.08. The Kier molecular flexibility index (Phi) is 4.32. The summed E-state index contributed by atoms with van der Waals surface area (Å²) in [6.45, 7) is 0. The molecule has 106 valence electrons. The van der Waals surface area contributed by atoms with Crippen molar-refractivity contribution in [3.63, 3.8) is 0 Å². The number of rotatable bonds is 5. The van der Waals surface area contributed by atoms with Crippen molar-refractivity contribution in [2.75, 3.05) is 5.32 Å². The molecule has 5 nitrogen and oxygen atoms in total. The van der Waals surface area contributed by atoms with Gasteiger partial charge < -0.3 is 5.32 Å². The number of aryl methyl sites for hydroxylation is 1. The van der Waals surface area contributed by atoms with Crippen LogP contribution < -0.4 is 5.32 Å². The first-order valence-electron chi connectivity index (χ1n) is 6.36. The minimum absolute atomic E-state index is 0.0441. The summed E-state index contributed by atoms with van der Waals surface area (Å²) in [7, 11) is 0. The molecular weight excluding hydrogens is 304 g/mol. The van der Waals surface area contributed by atoms with Gasteiger partial charge in [-0.05, 0) is 18.6 Å². The van der Waals surface area contributed by atoms with Crippen molar-refractivity contribution in [2.45, 2.75) is 12.8 Å². The lowest BCUT2D eigenvalue weighted by molar-refractivity contribution is -0.116. The topological polar surface area (TPSA) is 67.8 Å². The SMILES string of the molecule is O=C(CCc1csc(-c2ccccn2)n1)Nc1nccs1. The largest absolute Gasteiger partial charge is 0.302 e. The maximum absolute atomic E-state index is 11.8. The predicted molar refractivity (Wildman–Crippen MR) is 84.4 cm³/mol. The first-order chi connectivity index (χ1) is 10.3. The molecule has 1 amide bonds. The van der Waals surface area contributed by atoms with Crippen LogP contribution in [0.5, 0.6) is 0 Å². The lowest BCUT2D eigenvalue weighted by Crippen LogP contribution is -2.12. The van der Waals surface area contributed by atoms with Gasteiger partial charge in [-0.1, -0.05) is 6.07 Å². The molecule has 21 heavy (non-hydrogen) atoms. The van der Waals surface area contributed by atoms with Gasteiger partial charge in [-0.15, -0.1) is 22.7 Å². The van der Waals surface area contributed by atoms with Gasteiger partial charge in [0, 0.05) is 29.6 Å². The normalized spacial score (nSPS) is 10.5. The third-order valence-electron chi connectivity index (χ3n) is 2.72. The Labute approximate surface area is 129 Å². The smallest absolute Gasteiger partial charge is 0.226 e. The van der Waals surface area contributed by atoms with Crippen molar-refractivity contribution in [2.24, 2.45) is 0 Å². The first kappa shape index (κ1) is 13.8. The van der Waals surface area contributed by atoms with Crippen LogP contribution in [0.25, 0.3) is 10.7 Å². The molecule has 0 spiro atoms. The number of anilines is 1. The molecule has 0 aliphatic carbocycles. The van der Waals surface area contributed by atoms with Crippen molar-refractivity contribution in [3.05, 3.63) is 47.0 Å². The Morgan fingerprint density at radius 1 is 1.19 bits per heavy atom. The Hall–Kier alpha value is -2.12. The van der Waals surface area contributed by atoms with E-state index in [2.05, 4.69) is 20.3 Å². The van der Waals surface area contributed by atoms with Gasteiger partial charge in [-0.25, -0.2) is 9.97 Å².